The quantitative estimate of drug-likeness (QED) is 0.788. The van der Waals surface area contributed by atoms with Crippen LogP contribution in [0.4, 0.5) is 0 Å². The summed E-state index contributed by atoms with van der Waals surface area (Å²) in [4.78, 5) is 19.1. The van der Waals surface area contributed by atoms with Crippen molar-refractivity contribution < 1.29 is 4.79 Å². The molecule has 1 aromatic heterocycles. The molecule has 1 aromatic rings. The van der Waals surface area contributed by atoms with Gasteiger partial charge in [-0.05, 0) is 52.2 Å². The Morgan fingerprint density at radius 2 is 2.15 bits per heavy atom. The van der Waals surface area contributed by atoms with Crippen LogP contribution in [0.25, 0.3) is 0 Å². The Bertz CT molecular complexity index is 474. The molecule has 1 aliphatic carbocycles. The number of carbonyl (C=O) groups is 1. The van der Waals surface area contributed by atoms with Crippen molar-refractivity contribution >= 4 is 5.91 Å². The molecule has 0 saturated carbocycles. The summed E-state index contributed by atoms with van der Waals surface area (Å²) in [5.41, 5.74) is 0.762. The molecule has 2 rings (SSSR count). The summed E-state index contributed by atoms with van der Waals surface area (Å²) in [6.07, 6.45) is 8.93. The molecule has 0 unspecified atom stereocenters. The van der Waals surface area contributed by atoms with Gasteiger partial charge >= 0.3 is 0 Å². The molecule has 1 amide bonds. The van der Waals surface area contributed by atoms with Crippen molar-refractivity contribution in [3.63, 3.8) is 0 Å². The Hall–Kier alpha value is -1.64. The summed E-state index contributed by atoms with van der Waals surface area (Å²) in [5.74, 6) is 0.385. The lowest BCUT2D eigenvalue weighted by molar-refractivity contribution is -0.141. The number of rotatable bonds is 3. The fraction of sp³-hybridized carbons (Fsp3) is 0.529. The Morgan fingerprint density at radius 3 is 2.70 bits per heavy atom. The number of hydrogen-bond donors (Lipinski definition) is 0. The lowest BCUT2D eigenvalue weighted by Crippen LogP contribution is -2.48. The van der Waals surface area contributed by atoms with E-state index < -0.39 is 0 Å². The van der Waals surface area contributed by atoms with E-state index in [-0.39, 0.29) is 17.4 Å². The van der Waals surface area contributed by atoms with Gasteiger partial charge in [-0.1, -0.05) is 18.2 Å². The molecule has 3 heteroatoms. The van der Waals surface area contributed by atoms with E-state index >= 15 is 0 Å². The van der Waals surface area contributed by atoms with Crippen LogP contribution in [0.5, 0.6) is 0 Å². The van der Waals surface area contributed by atoms with Crippen LogP contribution in [0.2, 0.25) is 0 Å². The minimum atomic E-state index is -0.185. The normalized spacial score (nSPS) is 18.9. The third-order valence-electron chi connectivity index (χ3n) is 3.74. The van der Waals surface area contributed by atoms with E-state index in [1.165, 1.54) is 0 Å². The van der Waals surface area contributed by atoms with E-state index in [9.17, 15) is 4.79 Å². The molecule has 1 atom stereocenters. The van der Waals surface area contributed by atoms with Crippen LogP contribution in [-0.4, -0.2) is 21.3 Å². The van der Waals surface area contributed by atoms with Gasteiger partial charge in [-0.25, -0.2) is 0 Å². The van der Waals surface area contributed by atoms with Crippen molar-refractivity contribution in [2.45, 2.75) is 52.1 Å². The van der Waals surface area contributed by atoms with Crippen molar-refractivity contribution in [1.82, 2.24) is 9.88 Å². The average Bonchev–Trinajstić information content (AvgIpc) is 2.45. The molecule has 1 aliphatic rings. The lowest BCUT2D eigenvalue weighted by Gasteiger charge is -2.38. The molecule has 3 nitrogen and oxygen atoms in total. The smallest absolute Gasteiger partial charge is 0.226 e. The van der Waals surface area contributed by atoms with Crippen LogP contribution >= 0.6 is 0 Å². The van der Waals surface area contributed by atoms with Crippen LogP contribution < -0.4 is 0 Å². The first kappa shape index (κ1) is 14.8. The van der Waals surface area contributed by atoms with Gasteiger partial charge in [0.2, 0.25) is 5.91 Å². The molecular weight excluding hydrogens is 248 g/mol. The van der Waals surface area contributed by atoms with Crippen LogP contribution in [-0.2, 0) is 11.3 Å². The Balaban J connectivity index is 2.15. The highest BCUT2D eigenvalue weighted by molar-refractivity contribution is 5.79. The highest BCUT2D eigenvalue weighted by atomic mass is 16.2. The second-order valence-electron chi connectivity index (χ2n) is 6.40. The van der Waals surface area contributed by atoms with Crippen molar-refractivity contribution in [2.24, 2.45) is 5.92 Å². The number of carbonyl (C=O) groups excluding carboxylic acids is 1. The molecule has 108 valence electrons. The first-order chi connectivity index (χ1) is 9.48. The second-order valence-corrected chi connectivity index (χ2v) is 6.40. The maximum atomic E-state index is 12.8. The molecule has 0 fully saturated rings. The van der Waals surface area contributed by atoms with Crippen LogP contribution in [0.1, 0.15) is 45.7 Å². The first-order valence-corrected chi connectivity index (χ1v) is 7.35. The SMILES string of the molecule is CC(C)(C)N(Cc1ccccn1)C(=O)[C@@H]1CC=CCC1. The molecular formula is C17H24N2O. The number of allylic oxidation sites excluding steroid dienone is 2. The minimum Gasteiger partial charge on any atom is -0.332 e. The van der Waals surface area contributed by atoms with Gasteiger partial charge in [0.15, 0.2) is 0 Å². The Morgan fingerprint density at radius 1 is 1.35 bits per heavy atom. The van der Waals surface area contributed by atoms with Crippen molar-refractivity contribution in [2.75, 3.05) is 0 Å². The van der Waals surface area contributed by atoms with Crippen LogP contribution in [0, 0.1) is 5.92 Å². The average molecular weight is 272 g/mol. The van der Waals surface area contributed by atoms with Gasteiger partial charge in [-0.2, -0.15) is 0 Å². The summed E-state index contributed by atoms with van der Waals surface area (Å²) >= 11 is 0. The molecule has 0 spiro atoms. The summed E-state index contributed by atoms with van der Waals surface area (Å²) < 4.78 is 0. The summed E-state index contributed by atoms with van der Waals surface area (Å²) in [6.45, 7) is 6.86. The number of amides is 1. The van der Waals surface area contributed by atoms with E-state index in [2.05, 4.69) is 37.9 Å². The van der Waals surface area contributed by atoms with Gasteiger partial charge in [-0.3, -0.25) is 9.78 Å². The largest absolute Gasteiger partial charge is 0.332 e. The molecule has 0 aromatic carbocycles. The van der Waals surface area contributed by atoms with Crippen molar-refractivity contribution in [3.05, 3.63) is 42.2 Å². The minimum absolute atomic E-state index is 0.128. The van der Waals surface area contributed by atoms with Crippen molar-refractivity contribution in [3.8, 4) is 0 Å². The molecule has 20 heavy (non-hydrogen) atoms. The molecule has 1 heterocycles. The summed E-state index contributed by atoms with van der Waals surface area (Å²) in [6, 6.07) is 5.85. The second kappa shape index (κ2) is 6.21. The number of pyridine rings is 1. The highest BCUT2D eigenvalue weighted by Crippen LogP contribution is 2.26. The maximum Gasteiger partial charge on any atom is 0.226 e. The number of nitrogens with zero attached hydrogens (tertiary/aromatic N) is 2. The molecule has 0 radical (unpaired) electrons. The third-order valence-corrected chi connectivity index (χ3v) is 3.74. The van der Waals surface area contributed by atoms with Crippen molar-refractivity contribution in [1.29, 1.82) is 0 Å². The van der Waals surface area contributed by atoms with E-state index in [1.807, 2.05) is 23.1 Å². The molecule has 0 aliphatic heterocycles. The first-order valence-electron chi connectivity index (χ1n) is 7.35. The predicted octanol–water partition coefficient (Wildman–Crippen LogP) is 3.57. The third kappa shape index (κ3) is 3.69. The number of hydrogen-bond acceptors (Lipinski definition) is 2. The van der Waals surface area contributed by atoms with E-state index in [0.29, 0.717) is 6.54 Å². The highest BCUT2D eigenvalue weighted by Gasteiger charge is 2.31. The van der Waals surface area contributed by atoms with E-state index in [0.717, 1.165) is 25.0 Å². The van der Waals surface area contributed by atoms with Gasteiger partial charge in [0.05, 0.1) is 12.2 Å². The molecule has 0 N–H and O–H groups in total. The van der Waals surface area contributed by atoms with Gasteiger partial charge < -0.3 is 4.90 Å². The fourth-order valence-corrected chi connectivity index (χ4v) is 2.54. The zero-order valence-electron chi connectivity index (χ0n) is 12.7. The Labute approximate surface area is 121 Å². The van der Waals surface area contributed by atoms with Crippen LogP contribution in [0.3, 0.4) is 0 Å². The summed E-state index contributed by atoms with van der Waals surface area (Å²) in [5, 5.41) is 0. The summed E-state index contributed by atoms with van der Waals surface area (Å²) in [7, 11) is 0. The Kier molecular flexibility index (Phi) is 4.58. The number of aromatic nitrogens is 1. The van der Waals surface area contributed by atoms with Gasteiger partial charge in [0, 0.05) is 17.7 Å². The zero-order valence-corrected chi connectivity index (χ0v) is 12.7. The van der Waals surface area contributed by atoms with Crippen LogP contribution in [0.15, 0.2) is 36.5 Å². The topological polar surface area (TPSA) is 33.2 Å². The predicted molar refractivity (Wildman–Crippen MR) is 81.0 cm³/mol. The van der Waals surface area contributed by atoms with Gasteiger partial charge in [0.25, 0.3) is 0 Å². The molecule has 0 bridgehead atoms. The maximum absolute atomic E-state index is 12.8. The standard InChI is InChI=1S/C17H24N2O/c1-17(2,3)19(13-15-11-7-8-12-18-15)16(20)14-9-5-4-6-10-14/h4-5,7-8,11-12,14H,6,9-10,13H2,1-3H3/t14-/m1/s1. The fourth-order valence-electron chi connectivity index (χ4n) is 2.54. The zero-order chi connectivity index (χ0) is 14.6. The molecule has 0 saturated heterocycles. The van der Waals surface area contributed by atoms with Gasteiger partial charge in [-0.15, -0.1) is 0 Å². The van der Waals surface area contributed by atoms with E-state index in [4.69, 9.17) is 0 Å². The van der Waals surface area contributed by atoms with Gasteiger partial charge in [0.1, 0.15) is 0 Å². The van der Waals surface area contributed by atoms with E-state index in [1.54, 1.807) is 6.20 Å². The monoisotopic (exact) mass is 272 g/mol. The lowest BCUT2D eigenvalue weighted by atomic mass is 9.91.